The van der Waals surface area contributed by atoms with Gasteiger partial charge in [-0.2, -0.15) is 0 Å². The summed E-state index contributed by atoms with van der Waals surface area (Å²) in [6, 6.07) is 7.39. The molecule has 1 rings (SSSR count). The van der Waals surface area contributed by atoms with E-state index in [9.17, 15) is 5.11 Å². The maximum atomic E-state index is 9.50. The van der Waals surface area contributed by atoms with E-state index >= 15 is 0 Å². The molecule has 0 heterocycles. The molecule has 0 spiro atoms. The smallest absolute Gasteiger partial charge is 0.125 e. The van der Waals surface area contributed by atoms with Crippen molar-refractivity contribution in [2.45, 2.75) is 20.0 Å². The fourth-order valence-corrected chi connectivity index (χ4v) is 1.24. The Bertz CT molecular complexity index is 297. The SMILES string of the molecule is CC(CO)COc1ccccc1[C@@H](C)O. The first-order chi connectivity index (χ1) is 7.15. The van der Waals surface area contributed by atoms with Crippen molar-refractivity contribution in [1.82, 2.24) is 0 Å². The van der Waals surface area contributed by atoms with Crippen molar-refractivity contribution in [3.8, 4) is 5.75 Å². The molecule has 2 N–H and O–H groups in total. The van der Waals surface area contributed by atoms with Gasteiger partial charge in [-0.25, -0.2) is 0 Å². The predicted octanol–water partition coefficient (Wildman–Crippen LogP) is 1.75. The molecule has 0 aliphatic carbocycles. The van der Waals surface area contributed by atoms with Gasteiger partial charge in [0.2, 0.25) is 0 Å². The van der Waals surface area contributed by atoms with E-state index < -0.39 is 6.10 Å². The predicted molar refractivity (Wildman–Crippen MR) is 58.8 cm³/mol. The van der Waals surface area contributed by atoms with E-state index in [2.05, 4.69) is 0 Å². The molecular weight excluding hydrogens is 192 g/mol. The van der Waals surface area contributed by atoms with Crippen LogP contribution in [0.4, 0.5) is 0 Å². The minimum absolute atomic E-state index is 0.104. The topological polar surface area (TPSA) is 49.7 Å². The molecule has 84 valence electrons. The molecule has 0 saturated heterocycles. The molecule has 3 nitrogen and oxygen atoms in total. The lowest BCUT2D eigenvalue weighted by molar-refractivity contribution is 0.163. The Hall–Kier alpha value is -1.06. The minimum atomic E-state index is -0.536. The lowest BCUT2D eigenvalue weighted by Gasteiger charge is -2.15. The Labute approximate surface area is 90.3 Å². The van der Waals surface area contributed by atoms with Gasteiger partial charge >= 0.3 is 0 Å². The van der Waals surface area contributed by atoms with Crippen molar-refractivity contribution < 1.29 is 14.9 Å². The molecule has 0 radical (unpaired) electrons. The van der Waals surface area contributed by atoms with Crippen molar-refractivity contribution in [3.63, 3.8) is 0 Å². The summed E-state index contributed by atoms with van der Waals surface area (Å²) in [5.74, 6) is 0.792. The molecule has 0 amide bonds. The second kappa shape index (κ2) is 5.73. The Morgan fingerprint density at radius 3 is 2.53 bits per heavy atom. The fraction of sp³-hybridized carbons (Fsp3) is 0.500. The van der Waals surface area contributed by atoms with Gasteiger partial charge in [-0.05, 0) is 13.0 Å². The number of rotatable bonds is 5. The summed E-state index contributed by atoms with van der Waals surface area (Å²) >= 11 is 0. The lowest BCUT2D eigenvalue weighted by atomic mass is 10.1. The zero-order chi connectivity index (χ0) is 11.3. The van der Waals surface area contributed by atoms with E-state index in [0.717, 1.165) is 5.56 Å². The maximum Gasteiger partial charge on any atom is 0.125 e. The number of para-hydroxylation sites is 1. The zero-order valence-electron chi connectivity index (χ0n) is 9.18. The summed E-state index contributed by atoms with van der Waals surface area (Å²) in [6.45, 7) is 4.18. The molecule has 0 fully saturated rings. The molecule has 0 aliphatic heterocycles. The number of hydrogen-bond acceptors (Lipinski definition) is 3. The highest BCUT2D eigenvalue weighted by atomic mass is 16.5. The quantitative estimate of drug-likeness (QED) is 0.778. The van der Waals surface area contributed by atoms with Gasteiger partial charge in [-0.1, -0.05) is 25.1 Å². The molecule has 1 aromatic rings. The molecule has 0 bridgehead atoms. The van der Waals surface area contributed by atoms with Crippen molar-refractivity contribution in [2.75, 3.05) is 13.2 Å². The minimum Gasteiger partial charge on any atom is -0.493 e. The van der Waals surface area contributed by atoms with E-state index in [1.165, 1.54) is 0 Å². The Kier molecular flexibility index (Phi) is 4.59. The molecule has 0 saturated carbocycles. The van der Waals surface area contributed by atoms with Crippen molar-refractivity contribution >= 4 is 0 Å². The van der Waals surface area contributed by atoms with Crippen LogP contribution in [0.25, 0.3) is 0 Å². The highest BCUT2D eigenvalue weighted by molar-refractivity contribution is 5.34. The normalized spacial score (nSPS) is 14.7. The van der Waals surface area contributed by atoms with E-state index in [0.29, 0.717) is 12.4 Å². The monoisotopic (exact) mass is 210 g/mol. The molecule has 1 unspecified atom stereocenters. The van der Waals surface area contributed by atoms with E-state index in [1.807, 2.05) is 31.2 Å². The maximum absolute atomic E-state index is 9.50. The number of hydrogen-bond donors (Lipinski definition) is 2. The highest BCUT2D eigenvalue weighted by Gasteiger charge is 2.09. The molecule has 2 atom stereocenters. The molecule has 1 aromatic carbocycles. The molecular formula is C12H18O3. The first-order valence-corrected chi connectivity index (χ1v) is 5.15. The van der Waals surface area contributed by atoms with Crippen LogP contribution < -0.4 is 4.74 Å². The summed E-state index contributed by atoms with van der Waals surface area (Å²) in [5.41, 5.74) is 0.780. The second-order valence-electron chi connectivity index (χ2n) is 3.81. The molecule has 3 heteroatoms. The van der Waals surface area contributed by atoms with Gasteiger partial charge in [0.15, 0.2) is 0 Å². The fourth-order valence-electron chi connectivity index (χ4n) is 1.24. The molecule has 0 aromatic heterocycles. The number of aliphatic hydroxyl groups is 2. The van der Waals surface area contributed by atoms with Crippen LogP contribution in [0.5, 0.6) is 5.75 Å². The molecule has 15 heavy (non-hydrogen) atoms. The first-order valence-electron chi connectivity index (χ1n) is 5.15. The average molecular weight is 210 g/mol. The highest BCUT2D eigenvalue weighted by Crippen LogP contribution is 2.24. The third-order valence-electron chi connectivity index (χ3n) is 2.20. The summed E-state index contributed by atoms with van der Waals surface area (Å²) in [6.07, 6.45) is -0.536. The van der Waals surface area contributed by atoms with Crippen LogP contribution in [0, 0.1) is 5.92 Å². The average Bonchev–Trinajstić information content (AvgIpc) is 2.26. The van der Waals surface area contributed by atoms with Crippen LogP contribution in [0.3, 0.4) is 0 Å². The first kappa shape index (κ1) is 12.0. The van der Waals surface area contributed by atoms with E-state index in [-0.39, 0.29) is 12.5 Å². The number of aliphatic hydroxyl groups excluding tert-OH is 2. The third kappa shape index (κ3) is 3.53. The third-order valence-corrected chi connectivity index (χ3v) is 2.20. The van der Waals surface area contributed by atoms with Gasteiger partial charge in [-0.3, -0.25) is 0 Å². The number of ether oxygens (including phenoxy) is 1. The summed E-state index contributed by atoms with van der Waals surface area (Å²) in [5, 5.41) is 18.4. The summed E-state index contributed by atoms with van der Waals surface area (Å²) in [4.78, 5) is 0. The molecule has 0 aliphatic rings. The van der Waals surface area contributed by atoms with Crippen LogP contribution in [0.1, 0.15) is 25.5 Å². The van der Waals surface area contributed by atoms with Gasteiger partial charge in [0.1, 0.15) is 5.75 Å². The standard InChI is InChI=1S/C12H18O3/c1-9(7-13)8-15-12-6-4-3-5-11(12)10(2)14/h3-6,9-10,13-14H,7-8H2,1-2H3/t9?,10-/m1/s1. The zero-order valence-corrected chi connectivity index (χ0v) is 9.18. The Morgan fingerprint density at radius 1 is 1.27 bits per heavy atom. The van der Waals surface area contributed by atoms with Gasteiger partial charge < -0.3 is 14.9 Å². The Balaban J connectivity index is 2.67. The van der Waals surface area contributed by atoms with Crippen LogP contribution in [-0.4, -0.2) is 23.4 Å². The van der Waals surface area contributed by atoms with Gasteiger partial charge in [0.05, 0.1) is 12.7 Å². The Morgan fingerprint density at radius 2 is 1.93 bits per heavy atom. The van der Waals surface area contributed by atoms with Crippen LogP contribution in [0.15, 0.2) is 24.3 Å². The van der Waals surface area contributed by atoms with E-state index in [4.69, 9.17) is 9.84 Å². The second-order valence-corrected chi connectivity index (χ2v) is 3.81. The van der Waals surface area contributed by atoms with Crippen molar-refractivity contribution in [2.24, 2.45) is 5.92 Å². The van der Waals surface area contributed by atoms with Crippen LogP contribution in [0.2, 0.25) is 0 Å². The van der Waals surface area contributed by atoms with Crippen LogP contribution >= 0.6 is 0 Å². The number of benzene rings is 1. The van der Waals surface area contributed by atoms with Gasteiger partial charge in [0, 0.05) is 18.1 Å². The van der Waals surface area contributed by atoms with Gasteiger partial charge in [0.25, 0.3) is 0 Å². The van der Waals surface area contributed by atoms with Crippen molar-refractivity contribution in [3.05, 3.63) is 29.8 Å². The van der Waals surface area contributed by atoms with E-state index in [1.54, 1.807) is 6.92 Å². The summed E-state index contributed by atoms with van der Waals surface area (Å²) in [7, 11) is 0. The van der Waals surface area contributed by atoms with Crippen molar-refractivity contribution in [1.29, 1.82) is 0 Å². The summed E-state index contributed by atoms with van der Waals surface area (Å²) < 4.78 is 5.53. The lowest BCUT2D eigenvalue weighted by Crippen LogP contribution is -2.13. The largest absolute Gasteiger partial charge is 0.493 e. The van der Waals surface area contributed by atoms with Gasteiger partial charge in [-0.15, -0.1) is 0 Å². The van der Waals surface area contributed by atoms with Crippen LogP contribution in [-0.2, 0) is 0 Å².